The number of amides is 1. The average molecular weight is 554 g/mol. The Hall–Kier alpha value is -5.36. The summed E-state index contributed by atoms with van der Waals surface area (Å²) in [5.74, 6) is -1.47. The molecule has 5 aromatic rings. The summed E-state index contributed by atoms with van der Waals surface area (Å²) in [6.07, 6.45) is -2.75. The number of rotatable bonds is 7. The van der Waals surface area contributed by atoms with E-state index in [2.05, 4.69) is 11.4 Å². The summed E-state index contributed by atoms with van der Waals surface area (Å²) in [4.78, 5) is 24.7. The number of aromatic carboxylic acids is 1. The minimum Gasteiger partial charge on any atom is -0.478 e. The number of hydrogen-bond donors (Lipinski definition) is 2. The van der Waals surface area contributed by atoms with Gasteiger partial charge < -0.3 is 15.0 Å². The largest absolute Gasteiger partial charge is 0.478 e. The van der Waals surface area contributed by atoms with E-state index in [0.29, 0.717) is 38.7 Å². The summed E-state index contributed by atoms with van der Waals surface area (Å²) in [6, 6.07) is 25.6. The number of fused-ring (bicyclic) bond motifs is 1. The van der Waals surface area contributed by atoms with E-state index in [4.69, 9.17) is 5.11 Å². The van der Waals surface area contributed by atoms with Crippen molar-refractivity contribution in [3.8, 4) is 17.2 Å². The van der Waals surface area contributed by atoms with E-state index in [1.165, 1.54) is 18.2 Å². The molecule has 0 fully saturated rings. The number of carbonyl (C=O) groups excluding carboxylic acids is 1. The number of aromatic nitrogens is 1. The topological polar surface area (TPSA) is 95.1 Å². The highest BCUT2D eigenvalue weighted by atomic mass is 19.4. The Morgan fingerprint density at radius 2 is 1.63 bits per heavy atom. The molecular weight excluding hydrogens is 531 g/mol. The number of nitrogens with zero attached hydrogens (tertiary/aromatic N) is 2. The molecule has 1 heterocycles. The van der Waals surface area contributed by atoms with E-state index >= 15 is 0 Å². The van der Waals surface area contributed by atoms with Crippen LogP contribution in [0, 0.1) is 11.3 Å². The van der Waals surface area contributed by atoms with Gasteiger partial charge in [-0.1, -0.05) is 36.4 Å². The Morgan fingerprint density at radius 1 is 0.878 bits per heavy atom. The second kappa shape index (κ2) is 11.0. The molecule has 0 unspecified atom stereocenters. The number of carbonyl (C=O) groups is 2. The molecule has 6 nitrogen and oxygen atoms in total. The lowest BCUT2D eigenvalue weighted by Crippen LogP contribution is -2.23. The van der Waals surface area contributed by atoms with Crippen LogP contribution in [0.1, 0.15) is 43.0 Å². The third-order valence-electron chi connectivity index (χ3n) is 6.69. The number of carboxylic acid groups (broad SMARTS) is 1. The lowest BCUT2D eigenvalue weighted by atomic mass is 9.98. The lowest BCUT2D eigenvalue weighted by molar-refractivity contribution is -0.137. The minimum absolute atomic E-state index is 0.105. The minimum atomic E-state index is -4.48. The summed E-state index contributed by atoms with van der Waals surface area (Å²) < 4.78 is 41.7. The van der Waals surface area contributed by atoms with Gasteiger partial charge in [0.25, 0.3) is 5.91 Å². The van der Waals surface area contributed by atoms with E-state index in [1.807, 2.05) is 12.1 Å². The van der Waals surface area contributed by atoms with Crippen molar-refractivity contribution < 1.29 is 27.9 Å². The number of nitriles is 1. The van der Waals surface area contributed by atoms with Gasteiger partial charge in [-0.3, -0.25) is 4.79 Å². The molecule has 2 N–H and O–H groups in total. The van der Waals surface area contributed by atoms with Crippen LogP contribution in [0.3, 0.4) is 0 Å². The van der Waals surface area contributed by atoms with Gasteiger partial charge in [-0.25, -0.2) is 4.79 Å². The molecule has 0 bridgehead atoms. The molecule has 9 heteroatoms. The fourth-order valence-corrected chi connectivity index (χ4v) is 4.67. The van der Waals surface area contributed by atoms with Crippen LogP contribution in [0.2, 0.25) is 0 Å². The predicted molar refractivity (Wildman–Crippen MR) is 147 cm³/mol. The van der Waals surface area contributed by atoms with Gasteiger partial charge in [-0.2, -0.15) is 18.4 Å². The van der Waals surface area contributed by atoms with Gasteiger partial charge in [-0.05, 0) is 76.9 Å². The molecule has 5 rings (SSSR count). The van der Waals surface area contributed by atoms with Crippen molar-refractivity contribution in [2.24, 2.45) is 0 Å². The van der Waals surface area contributed by atoms with Crippen LogP contribution < -0.4 is 5.32 Å². The number of hydrogen-bond acceptors (Lipinski definition) is 3. The quantitative estimate of drug-likeness (QED) is 0.230. The molecule has 1 aromatic heterocycles. The Morgan fingerprint density at radius 3 is 2.34 bits per heavy atom. The van der Waals surface area contributed by atoms with Crippen LogP contribution >= 0.6 is 0 Å². The molecule has 0 aliphatic rings. The van der Waals surface area contributed by atoms with E-state index in [9.17, 15) is 28.0 Å². The smallest absolute Gasteiger partial charge is 0.416 e. The molecule has 4 aromatic carbocycles. The monoisotopic (exact) mass is 553 g/mol. The van der Waals surface area contributed by atoms with Crippen LogP contribution in [0.15, 0.2) is 97.2 Å². The first-order chi connectivity index (χ1) is 19.6. The molecule has 0 aliphatic carbocycles. The fourth-order valence-electron chi connectivity index (χ4n) is 4.67. The molecule has 0 radical (unpaired) electrons. The molecule has 1 amide bonds. The SMILES string of the molecule is N#Cc1cccc(-c2cc(C(=O)NCc3ccc(C(=O)O)cc3)c3c(ccn3Cc3cccc(C(F)(F)F)c3)c2)c1. The Bertz CT molecular complexity index is 1820. The Balaban J connectivity index is 1.54. The maximum atomic E-state index is 13.6. The summed E-state index contributed by atoms with van der Waals surface area (Å²) in [7, 11) is 0. The Kier molecular flexibility index (Phi) is 7.32. The predicted octanol–water partition coefficient (Wildman–Crippen LogP) is 6.88. The first-order valence-corrected chi connectivity index (χ1v) is 12.5. The zero-order chi connectivity index (χ0) is 29.1. The van der Waals surface area contributed by atoms with Gasteiger partial charge in [0, 0.05) is 24.7 Å². The van der Waals surface area contributed by atoms with E-state index in [0.717, 1.165) is 17.7 Å². The van der Waals surface area contributed by atoms with Crippen molar-refractivity contribution in [1.82, 2.24) is 9.88 Å². The van der Waals surface area contributed by atoms with Gasteiger partial charge >= 0.3 is 12.1 Å². The zero-order valence-corrected chi connectivity index (χ0v) is 21.4. The average Bonchev–Trinajstić information content (AvgIpc) is 3.37. The fraction of sp³-hybridized carbons (Fsp3) is 0.0938. The van der Waals surface area contributed by atoms with Crippen LogP contribution in [-0.4, -0.2) is 21.6 Å². The van der Waals surface area contributed by atoms with Crippen LogP contribution in [-0.2, 0) is 19.3 Å². The number of benzene rings is 4. The van der Waals surface area contributed by atoms with Crippen LogP contribution in [0.5, 0.6) is 0 Å². The molecule has 0 atom stereocenters. The molecule has 0 spiro atoms. The van der Waals surface area contributed by atoms with Crippen molar-refractivity contribution in [2.75, 3.05) is 0 Å². The highest BCUT2D eigenvalue weighted by molar-refractivity contribution is 6.08. The molecule has 0 aliphatic heterocycles. The maximum Gasteiger partial charge on any atom is 0.416 e. The van der Waals surface area contributed by atoms with Crippen molar-refractivity contribution in [1.29, 1.82) is 5.26 Å². The first kappa shape index (κ1) is 27.2. The third kappa shape index (κ3) is 5.97. The third-order valence-corrected chi connectivity index (χ3v) is 6.69. The summed E-state index contributed by atoms with van der Waals surface area (Å²) in [5, 5.41) is 22.0. The second-order valence-electron chi connectivity index (χ2n) is 9.48. The van der Waals surface area contributed by atoms with Gasteiger partial charge in [0.05, 0.1) is 33.8 Å². The Labute approximate surface area is 232 Å². The summed E-state index contributed by atoms with van der Waals surface area (Å²) in [6.45, 7) is 0.232. The lowest BCUT2D eigenvalue weighted by Gasteiger charge is -2.14. The standard InChI is InChI=1S/C32H22F3N3O3/c33-32(34,35)27-6-2-4-22(14-27)19-38-12-11-25-15-26(24-5-1-3-21(13-24)17-36)16-28(29(25)38)30(39)37-18-20-7-9-23(10-8-20)31(40)41/h1-16H,18-19H2,(H,37,39)(H,40,41). The van der Waals surface area contributed by atoms with Crippen molar-refractivity contribution in [3.63, 3.8) is 0 Å². The number of carboxylic acids is 1. The van der Waals surface area contributed by atoms with Crippen LogP contribution in [0.25, 0.3) is 22.0 Å². The van der Waals surface area contributed by atoms with E-state index in [-0.39, 0.29) is 18.7 Å². The highest BCUT2D eigenvalue weighted by Crippen LogP contribution is 2.32. The molecule has 204 valence electrons. The molecular formula is C32H22F3N3O3. The van der Waals surface area contributed by atoms with E-state index in [1.54, 1.807) is 59.3 Å². The molecule has 0 saturated heterocycles. The normalized spacial score (nSPS) is 11.3. The number of alkyl halides is 3. The zero-order valence-electron chi connectivity index (χ0n) is 21.4. The van der Waals surface area contributed by atoms with Gasteiger partial charge in [0.1, 0.15) is 0 Å². The van der Waals surface area contributed by atoms with Crippen LogP contribution in [0.4, 0.5) is 13.2 Å². The van der Waals surface area contributed by atoms with Gasteiger partial charge in [0.2, 0.25) is 0 Å². The summed E-state index contributed by atoms with van der Waals surface area (Å²) in [5.41, 5.74) is 3.22. The number of nitrogens with one attached hydrogen (secondary N) is 1. The highest BCUT2D eigenvalue weighted by Gasteiger charge is 2.30. The maximum absolute atomic E-state index is 13.6. The van der Waals surface area contributed by atoms with E-state index < -0.39 is 23.6 Å². The number of halogens is 3. The van der Waals surface area contributed by atoms with Crippen molar-refractivity contribution in [3.05, 3.63) is 131 Å². The van der Waals surface area contributed by atoms with Gasteiger partial charge in [0.15, 0.2) is 0 Å². The summed E-state index contributed by atoms with van der Waals surface area (Å²) >= 11 is 0. The first-order valence-electron chi connectivity index (χ1n) is 12.5. The second-order valence-corrected chi connectivity index (χ2v) is 9.48. The van der Waals surface area contributed by atoms with Gasteiger partial charge in [-0.15, -0.1) is 0 Å². The molecule has 0 saturated carbocycles. The van der Waals surface area contributed by atoms with Crippen molar-refractivity contribution in [2.45, 2.75) is 19.3 Å². The molecule has 41 heavy (non-hydrogen) atoms. The van der Waals surface area contributed by atoms with Crippen molar-refractivity contribution >= 4 is 22.8 Å².